The van der Waals surface area contributed by atoms with Gasteiger partial charge in [0.25, 0.3) is 0 Å². The Kier molecular flexibility index (Phi) is 5.07. The van der Waals surface area contributed by atoms with Crippen molar-refractivity contribution >= 4 is 0 Å². The van der Waals surface area contributed by atoms with Gasteiger partial charge in [-0.15, -0.1) is 0 Å². The smallest absolute Gasteiger partial charge is 0.00440 e. The van der Waals surface area contributed by atoms with Crippen LogP contribution in [0.4, 0.5) is 0 Å². The topological polar surface area (TPSA) is 15.3 Å². The summed E-state index contributed by atoms with van der Waals surface area (Å²) in [6.45, 7) is 6.92. The Labute approximate surface area is 95.4 Å². The molecule has 0 amide bonds. The second-order valence-electron chi connectivity index (χ2n) is 5.83. The minimum Gasteiger partial charge on any atom is -0.314 e. The third kappa shape index (κ3) is 4.52. The van der Waals surface area contributed by atoms with Gasteiger partial charge in [0.2, 0.25) is 0 Å². The van der Waals surface area contributed by atoms with E-state index in [0.717, 1.165) is 0 Å². The molecule has 1 aliphatic rings. The zero-order valence-corrected chi connectivity index (χ0v) is 11.0. The number of nitrogens with one attached hydrogen (secondary N) is 1. The molecule has 0 saturated heterocycles. The van der Waals surface area contributed by atoms with Gasteiger partial charge in [0.05, 0.1) is 0 Å². The molecule has 1 N–H and O–H groups in total. The Morgan fingerprint density at radius 2 is 1.73 bits per heavy atom. The summed E-state index contributed by atoms with van der Waals surface area (Å²) >= 11 is 0. The summed E-state index contributed by atoms with van der Waals surface area (Å²) in [7, 11) is 4.40. The Hall–Kier alpha value is -0.0800. The van der Waals surface area contributed by atoms with Crippen LogP contribution < -0.4 is 5.32 Å². The van der Waals surface area contributed by atoms with Gasteiger partial charge >= 0.3 is 0 Å². The molecule has 2 nitrogen and oxygen atoms in total. The van der Waals surface area contributed by atoms with Crippen LogP contribution in [0.2, 0.25) is 0 Å². The van der Waals surface area contributed by atoms with Gasteiger partial charge in [0.1, 0.15) is 0 Å². The molecule has 0 unspecified atom stereocenters. The Morgan fingerprint density at radius 3 is 2.20 bits per heavy atom. The van der Waals surface area contributed by atoms with Gasteiger partial charge in [-0.2, -0.15) is 0 Å². The van der Waals surface area contributed by atoms with Gasteiger partial charge < -0.3 is 10.2 Å². The second-order valence-corrected chi connectivity index (χ2v) is 5.83. The molecule has 0 bridgehead atoms. The summed E-state index contributed by atoms with van der Waals surface area (Å²) in [5.41, 5.74) is 0.548. The molecule has 0 heterocycles. The highest BCUT2D eigenvalue weighted by Gasteiger charge is 2.32. The Morgan fingerprint density at radius 1 is 1.13 bits per heavy atom. The van der Waals surface area contributed by atoms with Crippen molar-refractivity contribution in [3.8, 4) is 0 Å². The van der Waals surface area contributed by atoms with Crippen molar-refractivity contribution in [3.05, 3.63) is 0 Å². The first-order chi connectivity index (χ1) is 7.04. The fourth-order valence-electron chi connectivity index (χ4n) is 2.78. The molecule has 90 valence electrons. The van der Waals surface area contributed by atoms with Crippen LogP contribution in [0.25, 0.3) is 0 Å². The minimum absolute atomic E-state index is 0.548. The van der Waals surface area contributed by atoms with E-state index < -0.39 is 0 Å². The van der Waals surface area contributed by atoms with Crippen LogP contribution in [0.3, 0.4) is 0 Å². The van der Waals surface area contributed by atoms with E-state index in [-0.39, 0.29) is 0 Å². The molecule has 2 heteroatoms. The molecule has 0 aromatic carbocycles. The van der Waals surface area contributed by atoms with Gasteiger partial charge in [-0.3, -0.25) is 0 Å². The third-order valence-corrected chi connectivity index (χ3v) is 3.45. The van der Waals surface area contributed by atoms with Crippen molar-refractivity contribution in [2.75, 3.05) is 27.2 Å². The lowest BCUT2D eigenvalue weighted by atomic mass is 9.73. The first-order valence-electron chi connectivity index (χ1n) is 6.42. The maximum Gasteiger partial charge on any atom is 0.00440 e. The predicted molar refractivity (Wildman–Crippen MR) is 67.2 cm³/mol. The highest BCUT2D eigenvalue weighted by atomic mass is 15.1. The molecule has 1 saturated carbocycles. The highest BCUT2D eigenvalue weighted by Crippen LogP contribution is 2.36. The van der Waals surface area contributed by atoms with Crippen molar-refractivity contribution in [2.45, 2.75) is 52.0 Å². The Bertz CT molecular complexity index is 169. The van der Waals surface area contributed by atoms with Crippen molar-refractivity contribution in [1.29, 1.82) is 0 Å². The largest absolute Gasteiger partial charge is 0.314 e. The standard InChI is InChI=1S/C13H28N2/c1-12(2)14-10-13(11-15(3)4)8-6-5-7-9-13/h12,14H,5-11H2,1-4H3. The van der Waals surface area contributed by atoms with Crippen LogP contribution in [0.15, 0.2) is 0 Å². The van der Waals surface area contributed by atoms with Crippen LogP contribution >= 0.6 is 0 Å². The van der Waals surface area contributed by atoms with E-state index in [9.17, 15) is 0 Å². The van der Waals surface area contributed by atoms with Crippen LogP contribution in [0.1, 0.15) is 46.0 Å². The zero-order chi connectivity index (χ0) is 11.3. The van der Waals surface area contributed by atoms with E-state index in [0.29, 0.717) is 11.5 Å². The van der Waals surface area contributed by atoms with E-state index in [2.05, 4.69) is 38.2 Å². The molecular weight excluding hydrogens is 184 g/mol. The summed E-state index contributed by atoms with van der Waals surface area (Å²) < 4.78 is 0. The van der Waals surface area contributed by atoms with Crippen LogP contribution in [-0.2, 0) is 0 Å². The van der Waals surface area contributed by atoms with Crippen molar-refractivity contribution in [1.82, 2.24) is 10.2 Å². The molecule has 0 aliphatic heterocycles. The summed E-state index contributed by atoms with van der Waals surface area (Å²) in [6.07, 6.45) is 7.11. The maximum atomic E-state index is 3.63. The number of hydrogen-bond acceptors (Lipinski definition) is 2. The predicted octanol–water partition coefficient (Wildman–Crippen LogP) is 2.50. The molecule has 0 radical (unpaired) electrons. The minimum atomic E-state index is 0.548. The van der Waals surface area contributed by atoms with E-state index in [1.165, 1.54) is 45.2 Å². The van der Waals surface area contributed by atoms with Gasteiger partial charge in [-0.25, -0.2) is 0 Å². The van der Waals surface area contributed by atoms with Crippen LogP contribution in [0.5, 0.6) is 0 Å². The molecule has 1 rings (SSSR count). The Balaban J connectivity index is 2.50. The van der Waals surface area contributed by atoms with E-state index in [1.807, 2.05) is 0 Å². The number of rotatable bonds is 5. The molecule has 0 aromatic heterocycles. The first kappa shape index (κ1) is 13.0. The molecule has 15 heavy (non-hydrogen) atoms. The lowest BCUT2D eigenvalue weighted by Crippen LogP contribution is -2.45. The van der Waals surface area contributed by atoms with Gasteiger partial charge in [0, 0.05) is 19.1 Å². The van der Waals surface area contributed by atoms with Gasteiger partial charge in [-0.05, 0) is 32.4 Å². The van der Waals surface area contributed by atoms with Gasteiger partial charge in [-0.1, -0.05) is 33.1 Å². The maximum absolute atomic E-state index is 3.63. The molecule has 0 aromatic rings. The molecule has 0 atom stereocenters. The van der Waals surface area contributed by atoms with E-state index >= 15 is 0 Å². The molecule has 1 fully saturated rings. The molecular formula is C13H28N2. The number of nitrogens with zero attached hydrogens (tertiary/aromatic N) is 1. The van der Waals surface area contributed by atoms with Crippen molar-refractivity contribution < 1.29 is 0 Å². The van der Waals surface area contributed by atoms with Crippen molar-refractivity contribution in [3.63, 3.8) is 0 Å². The van der Waals surface area contributed by atoms with Crippen molar-refractivity contribution in [2.24, 2.45) is 5.41 Å². The second kappa shape index (κ2) is 5.86. The monoisotopic (exact) mass is 212 g/mol. The summed E-state index contributed by atoms with van der Waals surface area (Å²) in [4.78, 5) is 2.35. The molecule has 0 spiro atoms. The summed E-state index contributed by atoms with van der Waals surface area (Å²) in [6, 6.07) is 0.617. The van der Waals surface area contributed by atoms with Crippen LogP contribution in [0, 0.1) is 5.41 Å². The SMILES string of the molecule is CC(C)NCC1(CN(C)C)CCCCC1. The average molecular weight is 212 g/mol. The fourth-order valence-corrected chi connectivity index (χ4v) is 2.78. The fraction of sp³-hybridized carbons (Fsp3) is 1.00. The molecule has 1 aliphatic carbocycles. The normalized spacial score (nSPS) is 21.2. The van der Waals surface area contributed by atoms with Crippen LogP contribution in [-0.4, -0.2) is 38.1 Å². The average Bonchev–Trinajstić information content (AvgIpc) is 2.15. The third-order valence-electron chi connectivity index (χ3n) is 3.45. The lowest BCUT2D eigenvalue weighted by molar-refractivity contribution is 0.128. The number of hydrogen-bond donors (Lipinski definition) is 1. The summed E-state index contributed by atoms with van der Waals surface area (Å²) in [5.74, 6) is 0. The quantitative estimate of drug-likeness (QED) is 0.753. The summed E-state index contributed by atoms with van der Waals surface area (Å²) in [5, 5.41) is 3.63. The lowest BCUT2D eigenvalue weighted by Gasteiger charge is -2.40. The highest BCUT2D eigenvalue weighted by molar-refractivity contribution is 4.87. The van der Waals surface area contributed by atoms with E-state index in [1.54, 1.807) is 0 Å². The van der Waals surface area contributed by atoms with Gasteiger partial charge in [0.15, 0.2) is 0 Å². The first-order valence-corrected chi connectivity index (χ1v) is 6.42. The zero-order valence-electron chi connectivity index (χ0n) is 11.0. The van der Waals surface area contributed by atoms with E-state index in [4.69, 9.17) is 0 Å².